The van der Waals surface area contributed by atoms with Gasteiger partial charge in [-0.1, -0.05) is 27.7 Å². The molecule has 0 radical (unpaired) electrons. The molecule has 78 valence electrons. The summed E-state index contributed by atoms with van der Waals surface area (Å²) in [6.45, 7) is 7.53. The van der Waals surface area contributed by atoms with Crippen molar-refractivity contribution in [1.82, 2.24) is 0 Å². The van der Waals surface area contributed by atoms with Crippen molar-refractivity contribution in [3.05, 3.63) is 0 Å². The van der Waals surface area contributed by atoms with Gasteiger partial charge in [-0.25, -0.2) is 4.79 Å². The lowest BCUT2D eigenvalue weighted by Gasteiger charge is -2.29. The van der Waals surface area contributed by atoms with Crippen LogP contribution < -0.4 is 0 Å². The number of aliphatic hydroxyl groups is 1. The van der Waals surface area contributed by atoms with Crippen molar-refractivity contribution in [3.8, 4) is 0 Å². The average molecular weight is 188 g/mol. The normalized spacial score (nSPS) is 18.3. The maximum Gasteiger partial charge on any atom is 0.335 e. The van der Waals surface area contributed by atoms with Crippen LogP contribution in [0.3, 0.4) is 0 Å². The SMILES string of the molecule is CCC(O)(C(=O)O)C(C)CC(C)C. The molecule has 3 nitrogen and oxygen atoms in total. The van der Waals surface area contributed by atoms with Gasteiger partial charge < -0.3 is 10.2 Å². The Morgan fingerprint density at radius 1 is 1.38 bits per heavy atom. The summed E-state index contributed by atoms with van der Waals surface area (Å²) in [6, 6.07) is 0. The van der Waals surface area contributed by atoms with E-state index in [0.717, 1.165) is 6.42 Å². The number of carboxylic acid groups (broad SMARTS) is 1. The number of carbonyl (C=O) groups is 1. The lowest BCUT2D eigenvalue weighted by atomic mass is 9.81. The van der Waals surface area contributed by atoms with Gasteiger partial charge in [0.1, 0.15) is 0 Å². The summed E-state index contributed by atoms with van der Waals surface area (Å²) in [4.78, 5) is 10.8. The number of hydrogen-bond acceptors (Lipinski definition) is 2. The van der Waals surface area contributed by atoms with Crippen LogP contribution in [-0.2, 0) is 4.79 Å². The van der Waals surface area contributed by atoms with Crippen molar-refractivity contribution in [3.63, 3.8) is 0 Å². The molecule has 0 heterocycles. The lowest BCUT2D eigenvalue weighted by Crippen LogP contribution is -2.44. The Bertz CT molecular complexity index is 177. The van der Waals surface area contributed by atoms with Gasteiger partial charge in [-0.15, -0.1) is 0 Å². The van der Waals surface area contributed by atoms with E-state index in [1.165, 1.54) is 0 Å². The summed E-state index contributed by atoms with van der Waals surface area (Å²) < 4.78 is 0. The molecule has 0 saturated heterocycles. The zero-order valence-electron chi connectivity index (χ0n) is 8.87. The van der Waals surface area contributed by atoms with Crippen LogP contribution >= 0.6 is 0 Å². The third-order valence-electron chi connectivity index (χ3n) is 2.55. The highest BCUT2D eigenvalue weighted by atomic mass is 16.4. The van der Waals surface area contributed by atoms with Crippen LogP contribution in [0.5, 0.6) is 0 Å². The molecule has 2 unspecified atom stereocenters. The van der Waals surface area contributed by atoms with Crippen LogP contribution in [0.25, 0.3) is 0 Å². The number of hydrogen-bond donors (Lipinski definition) is 2. The van der Waals surface area contributed by atoms with E-state index in [0.29, 0.717) is 5.92 Å². The minimum absolute atomic E-state index is 0.199. The first kappa shape index (κ1) is 12.4. The van der Waals surface area contributed by atoms with Crippen molar-refractivity contribution in [2.75, 3.05) is 0 Å². The fourth-order valence-electron chi connectivity index (χ4n) is 1.61. The van der Waals surface area contributed by atoms with Gasteiger partial charge in [-0.05, 0) is 24.7 Å². The van der Waals surface area contributed by atoms with E-state index in [1.807, 2.05) is 13.8 Å². The van der Waals surface area contributed by atoms with Gasteiger partial charge in [0, 0.05) is 0 Å². The van der Waals surface area contributed by atoms with Crippen LogP contribution in [0.2, 0.25) is 0 Å². The molecular formula is C10H20O3. The molecule has 0 rings (SSSR count). The summed E-state index contributed by atoms with van der Waals surface area (Å²) in [5.41, 5.74) is -1.55. The summed E-state index contributed by atoms with van der Waals surface area (Å²) >= 11 is 0. The van der Waals surface area contributed by atoms with Gasteiger partial charge >= 0.3 is 5.97 Å². The smallest absolute Gasteiger partial charge is 0.335 e. The molecule has 3 heteroatoms. The van der Waals surface area contributed by atoms with Crippen LogP contribution in [0, 0.1) is 11.8 Å². The highest BCUT2D eigenvalue weighted by molar-refractivity contribution is 5.77. The third kappa shape index (κ3) is 2.99. The fraction of sp³-hybridized carbons (Fsp3) is 0.900. The minimum Gasteiger partial charge on any atom is -0.479 e. The second-order valence-corrected chi connectivity index (χ2v) is 4.11. The molecule has 13 heavy (non-hydrogen) atoms. The summed E-state index contributed by atoms with van der Waals surface area (Å²) in [7, 11) is 0. The van der Waals surface area contributed by atoms with Crippen molar-refractivity contribution in [2.45, 2.75) is 46.1 Å². The molecule has 0 amide bonds. The highest BCUT2D eigenvalue weighted by Crippen LogP contribution is 2.27. The van der Waals surface area contributed by atoms with Crippen molar-refractivity contribution in [2.24, 2.45) is 11.8 Å². The molecule has 2 atom stereocenters. The van der Waals surface area contributed by atoms with E-state index in [-0.39, 0.29) is 12.3 Å². The minimum atomic E-state index is -1.55. The molecule has 0 aromatic heterocycles. The van der Waals surface area contributed by atoms with Crippen molar-refractivity contribution in [1.29, 1.82) is 0 Å². The molecule has 0 aliphatic rings. The Hall–Kier alpha value is -0.570. The second kappa shape index (κ2) is 4.61. The molecule has 0 aromatic rings. The average Bonchev–Trinajstić information content (AvgIpc) is 2.01. The van der Waals surface area contributed by atoms with Crippen molar-refractivity contribution >= 4 is 5.97 Å². The molecular weight excluding hydrogens is 168 g/mol. The van der Waals surface area contributed by atoms with Gasteiger partial charge in [-0.2, -0.15) is 0 Å². The molecule has 0 spiro atoms. The van der Waals surface area contributed by atoms with Gasteiger partial charge in [0.25, 0.3) is 0 Å². The van der Waals surface area contributed by atoms with Gasteiger partial charge in [-0.3, -0.25) is 0 Å². The highest BCUT2D eigenvalue weighted by Gasteiger charge is 2.39. The van der Waals surface area contributed by atoms with Crippen LogP contribution in [0.15, 0.2) is 0 Å². The van der Waals surface area contributed by atoms with E-state index < -0.39 is 11.6 Å². The van der Waals surface area contributed by atoms with Gasteiger partial charge in [0.15, 0.2) is 5.60 Å². The first-order valence-corrected chi connectivity index (χ1v) is 4.80. The predicted octanol–water partition coefficient (Wildman–Crippen LogP) is 1.89. The van der Waals surface area contributed by atoms with Crippen LogP contribution in [0.1, 0.15) is 40.5 Å². The Morgan fingerprint density at radius 3 is 2.08 bits per heavy atom. The Kier molecular flexibility index (Phi) is 4.40. The number of carboxylic acids is 1. The summed E-state index contributed by atoms with van der Waals surface area (Å²) in [5.74, 6) is -0.898. The maximum absolute atomic E-state index is 10.8. The Labute approximate surface area is 79.8 Å². The first-order chi connectivity index (χ1) is 5.84. The molecule has 2 N–H and O–H groups in total. The zero-order valence-corrected chi connectivity index (χ0v) is 8.87. The lowest BCUT2D eigenvalue weighted by molar-refractivity contribution is -0.165. The number of rotatable bonds is 5. The Balaban J connectivity index is 4.47. The van der Waals surface area contributed by atoms with Crippen molar-refractivity contribution < 1.29 is 15.0 Å². The fourth-order valence-corrected chi connectivity index (χ4v) is 1.61. The Morgan fingerprint density at radius 2 is 1.85 bits per heavy atom. The van der Waals surface area contributed by atoms with E-state index in [1.54, 1.807) is 13.8 Å². The van der Waals surface area contributed by atoms with Crippen LogP contribution in [-0.4, -0.2) is 21.8 Å². The summed E-state index contributed by atoms with van der Waals surface area (Å²) in [5, 5.41) is 18.7. The van der Waals surface area contributed by atoms with E-state index >= 15 is 0 Å². The molecule has 0 bridgehead atoms. The van der Waals surface area contributed by atoms with E-state index in [2.05, 4.69) is 0 Å². The van der Waals surface area contributed by atoms with Crippen LogP contribution in [0.4, 0.5) is 0 Å². The first-order valence-electron chi connectivity index (χ1n) is 4.80. The summed E-state index contributed by atoms with van der Waals surface area (Å²) in [6.07, 6.45) is 0.993. The predicted molar refractivity (Wildman–Crippen MR) is 51.5 cm³/mol. The van der Waals surface area contributed by atoms with E-state index in [9.17, 15) is 9.90 Å². The maximum atomic E-state index is 10.8. The molecule has 0 fully saturated rings. The molecule has 0 saturated carbocycles. The number of aliphatic carboxylic acids is 1. The monoisotopic (exact) mass is 188 g/mol. The zero-order chi connectivity index (χ0) is 10.6. The standard InChI is InChI=1S/C10H20O3/c1-5-10(13,9(11)12)8(4)6-7(2)3/h7-8,13H,5-6H2,1-4H3,(H,11,12). The largest absolute Gasteiger partial charge is 0.479 e. The quantitative estimate of drug-likeness (QED) is 0.692. The van der Waals surface area contributed by atoms with Gasteiger partial charge in [0.05, 0.1) is 0 Å². The topological polar surface area (TPSA) is 57.5 Å². The van der Waals surface area contributed by atoms with E-state index in [4.69, 9.17) is 5.11 Å². The molecule has 0 aliphatic heterocycles. The second-order valence-electron chi connectivity index (χ2n) is 4.11. The van der Waals surface area contributed by atoms with Gasteiger partial charge in [0.2, 0.25) is 0 Å². The molecule has 0 aromatic carbocycles. The third-order valence-corrected chi connectivity index (χ3v) is 2.55. The molecule has 0 aliphatic carbocycles.